The Morgan fingerprint density at radius 2 is 0.750 bits per heavy atom. The maximum absolute atomic E-state index is 12.1. The van der Waals surface area contributed by atoms with Crippen LogP contribution in [0.2, 0.25) is 0 Å². The topological polar surface area (TPSA) is 344 Å². The minimum absolute atomic E-state index is 0. The van der Waals surface area contributed by atoms with Crippen LogP contribution in [0.25, 0.3) is 0 Å². The number of carbonyl (C=O) groups is 11. The molecule has 0 spiro atoms. The Morgan fingerprint density at radius 3 is 0.940 bits per heavy atom. The summed E-state index contributed by atoms with van der Waals surface area (Å²) in [5.74, 6) is -1.44. The molecule has 8 amide bonds. The van der Waals surface area contributed by atoms with Crippen LogP contribution in [0.4, 0.5) is 38.4 Å². The zero-order valence-electron chi connectivity index (χ0n) is 55.4. The van der Waals surface area contributed by atoms with E-state index in [0.29, 0.717) is 52.4 Å². The Hall–Kier alpha value is -6.24. The molecular weight excluding hydrogens is 1150 g/mol. The number of methoxy groups -OCH3 is 3. The molecule has 32 heteroatoms. The molecule has 30 nitrogen and oxygen atoms in total. The molecule has 0 bridgehead atoms. The Labute approximate surface area is 525 Å². The van der Waals surface area contributed by atoms with Gasteiger partial charge in [-0.15, -0.1) is 15.6 Å². The van der Waals surface area contributed by atoms with E-state index in [4.69, 9.17) is 40.7 Å². The van der Waals surface area contributed by atoms with E-state index in [-0.39, 0.29) is 62.3 Å². The van der Waals surface area contributed by atoms with Crippen LogP contribution in [0.3, 0.4) is 0 Å². The average Bonchev–Trinajstić information content (AvgIpc) is 3.37. The molecule has 0 aromatic rings. The van der Waals surface area contributed by atoms with Crippen LogP contribution < -0.4 is 40.5 Å². The molecule has 0 aromatic heterocycles. The number of halogens is 1. The Morgan fingerprint density at radius 1 is 0.464 bits per heavy atom. The van der Waals surface area contributed by atoms with Crippen LogP contribution in [0, 0.1) is 0 Å². The van der Waals surface area contributed by atoms with Gasteiger partial charge in [-0.05, 0) is 150 Å². The maximum Gasteiger partial charge on any atom is 1.00 e. The Kier molecular flexibility index (Phi) is 54.6. The molecule has 0 saturated heterocycles. The summed E-state index contributed by atoms with van der Waals surface area (Å²) in [6.07, 6.45) is -4.36. The molecule has 0 fully saturated rings. The van der Waals surface area contributed by atoms with Gasteiger partial charge < -0.3 is 68.7 Å². The molecule has 0 aliphatic carbocycles. The van der Waals surface area contributed by atoms with Gasteiger partial charge in [0.2, 0.25) is 0 Å². The molecule has 84 heavy (non-hydrogen) atoms. The van der Waals surface area contributed by atoms with Gasteiger partial charge in [0.05, 0.1) is 47.3 Å². The van der Waals surface area contributed by atoms with E-state index in [9.17, 15) is 52.7 Å². The molecule has 0 unspecified atom stereocenters. The van der Waals surface area contributed by atoms with Crippen LogP contribution in [0.15, 0.2) is 12.7 Å². The van der Waals surface area contributed by atoms with E-state index in [1.54, 1.807) is 116 Å². The molecule has 0 aromatic carbocycles. The van der Waals surface area contributed by atoms with Crippen molar-refractivity contribution in [2.24, 2.45) is 0 Å². The van der Waals surface area contributed by atoms with Crippen molar-refractivity contribution in [2.75, 3.05) is 86.8 Å². The van der Waals surface area contributed by atoms with Gasteiger partial charge in [-0.1, -0.05) is 6.58 Å². The summed E-state index contributed by atoms with van der Waals surface area (Å²) >= 11 is 5.13. The van der Waals surface area contributed by atoms with Crippen LogP contribution in [0.1, 0.15) is 153 Å². The van der Waals surface area contributed by atoms with Gasteiger partial charge in [0, 0.05) is 58.4 Å². The predicted molar refractivity (Wildman–Crippen MR) is 305 cm³/mol. The molecule has 0 rings (SSSR count). The van der Waals surface area contributed by atoms with Crippen molar-refractivity contribution >= 4 is 77.5 Å². The molecule has 0 heterocycles. The van der Waals surface area contributed by atoms with Gasteiger partial charge >= 0.3 is 95.5 Å². The van der Waals surface area contributed by atoms with E-state index in [1.807, 2.05) is 33.2 Å². The first kappa shape index (κ1) is 91.5. The number of nitrogens with zero attached hydrogens (tertiary/aromatic N) is 6. The van der Waals surface area contributed by atoms with Crippen LogP contribution >= 0.6 is 11.6 Å². The third-order valence-electron chi connectivity index (χ3n) is 8.62. The Bertz CT molecular complexity index is 1860. The number of hydrogen-bond acceptors (Lipinski definition) is 22. The standard InChI is InChI=1S/2C14H26N2O6.C10H20N2O4.C5H10ClNO.C5H11NO3.C4H6O2.Na.H/c2*1-7-15(8-2)12(18)22-16(10-9-11(17)20-6)13(19)21-14(3,4)5;1-6-12(7-2)9(14)16-11-8(13)15-10(3,4)5;1-3-7(4-2)5(6)8;1-5(2,3)9-4(7)6-8;1-3-4(5)6-2;;/h2*7-10H2,1-6H3;6-7H2,1-5H3,(H,11,13);3-4H2,1-2H3;8H,1-3H3,(H,6,7);3H,1H2,2H3;;/q;;;;;;+1;-1. The number of hydrogen-bond donors (Lipinski definition) is 3. The van der Waals surface area contributed by atoms with E-state index in [0.717, 1.165) is 16.2 Å². The minimum atomic E-state index is -0.836. The van der Waals surface area contributed by atoms with Crippen molar-refractivity contribution in [3.63, 3.8) is 0 Å². The summed E-state index contributed by atoms with van der Waals surface area (Å²) in [5, 5.41) is 9.09. The fourth-order valence-corrected chi connectivity index (χ4v) is 4.86. The van der Waals surface area contributed by atoms with Crippen LogP contribution in [0.5, 0.6) is 0 Å². The van der Waals surface area contributed by atoms with Gasteiger partial charge in [-0.25, -0.2) is 43.8 Å². The molecule has 488 valence electrons. The number of ether oxygens (including phenoxy) is 7. The first-order valence-electron chi connectivity index (χ1n) is 26.4. The third-order valence-corrected chi connectivity index (χ3v) is 8.86. The summed E-state index contributed by atoms with van der Waals surface area (Å²) in [5.41, 5.74) is 0.632. The zero-order valence-corrected chi connectivity index (χ0v) is 57.1. The number of amides is 8. The molecule has 0 aliphatic rings. The van der Waals surface area contributed by atoms with Crippen molar-refractivity contribution in [1.82, 2.24) is 40.7 Å². The van der Waals surface area contributed by atoms with E-state index in [1.165, 1.54) is 41.5 Å². The second-order valence-corrected chi connectivity index (χ2v) is 20.1. The number of esters is 3. The number of hydroxylamine groups is 6. The smallest absolute Gasteiger partial charge is 1.00 e. The van der Waals surface area contributed by atoms with Gasteiger partial charge in [0.15, 0.2) is 0 Å². The molecule has 0 saturated carbocycles. The quantitative estimate of drug-likeness (QED) is 0.0236. The first-order valence-corrected chi connectivity index (χ1v) is 26.8. The summed E-state index contributed by atoms with van der Waals surface area (Å²) in [6, 6.07) is 0. The normalized spacial score (nSPS) is 10.1. The number of rotatable bonds is 15. The molecule has 0 atom stereocenters. The van der Waals surface area contributed by atoms with Crippen LogP contribution in [-0.2, 0) is 62.1 Å². The minimum Gasteiger partial charge on any atom is -1.00 e. The SMILES string of the molecule is C=CC(=O)OC.CC(C)(C)OC(=O)NO.CCN(CC)C(=O)Cl.CCN(CC)C(=O)ON(CCC(=O)OC)C(=O)OC(C)(C)C.CCN(CC)C(=O)ON(CCC(=O)OC)C(=O)OC(C)(C)C.CCN(CC)C(=O)ONC(=O)OC(C)(C)C.[H-].[Na+]. The first-order chi connectivity index (χ1) is 38.1. The monoisotopic (exact) mass is 1250 g/mol. The van der Waals surface area contributed by atoms with Crippen LogP contribution in [-0.4, -0.2) is 210 Å². The van der Waals surface area contributed by atoms with E-state index < -0.39 is 83.0 Å². The largest absolute Gasteiger partial charge is 1.00 e. The molecule has 3 N–H and O–H groups in total. The van der Waals surface area contributed by atoms with Crippen molar-refractivity contribution in [1.29, 1.82) is 0 Å². The zero-order chi connectivity index (χ0) is 66.5. The van der Waals surface area contributed by atoms with E-state index >= 15 is 0 Å². The second-order valence-electron chi connectivity index (χ2n) is 19.8. The molecule has 0 aliphatic heterocycles. The number of nitrogens with one attached hydrogen (secondary N) is 2. The van der Waals surface area contributed by atoms with Crippen molar-refractivity contribution < 1.29 is 137 Å². The predicted octanol–water partition coefficient (Wildman–Crippen LogP) is 6.31. The van der Waals surface area contributed by atoms with Gasteiger partial charge in [0.25, 0.3) is 0 Å². The van der Waals surface area contributed by atoms with Gasteiger partial charge in [-0.3, -0.25) is 19.6 Å². The van der Waals surface area contributed by atoms with Gasteiger partial charge in [0.1, 0.15) is 22.4 Å². The van der Waals surface area contributed by atoms with Crippen molar-refractivity contribution in [2.45, 2.75) is 174 Å². The fraction of sp³-hybridized carbons (Fsp3) is 0.750. The summed E-state index contributed by atoms with van der Waals surface area (Å²) < 4.78 is 32.9. The molecular formula is C52H100ClN8NaO22. The fourth-order valence-electron chi connectivity index (χ4n) is 4.62. The van der Waals surface area contributed by atoms with Gasteiger partial charge in [-0.2, -0.15) is 0 Å². The summed E-state index contributed by atoms with van der Waals surface area (Å²) in [7, 11) is 3.79. The van der Waals surface area contributed by atoms with Crippen molar-refractivity contribution in [3.05, 3.63) is 12.7 Å². The maximum atomic E-state index is 12.1. The number of carbonyl (C=O) groups excluding carboxylic acids is 11. The second kappa shape index (κ2) is 50.1. The van der Waals surface area contributed by atoms with E-state index in [2.05, 4.69) is 30.4 Å². The molecule has 0 radical (unpaired) electrons. The third kappa shape index (κ3) is 56.3. The van der Waals surface area contributed by atoms with Crippen molar-refractivity contribution in [3.8, 4) is 0 Å². The Balaban J connectivity index is -0.000000147. The average molecular weight is 1250 g/mol. The summed E-state index contributed by atoms with van der Waals surface area (Å²) in [4.78, 5) is 144. The summed E-state index contributed by atoms with van der Waals surface area (Å²) in [6.45, 7) is 42.1.